The molecule has 0 saturated heterocycles. The summed E-state index contributed by atoms with van der Waals surface area (Å²) in [6.45, 7) is 7.08. The van der Waals surface area contributed by atoms with E-state index in [0.717, 1.165) is 12.8 Å². The van der Waals surface area contributed by atoms with Gasteiger partial charge >= 0.3 is 0 Å². The van der Waals surface area contributed by atoms with Gasteiger partial charge in [-0.15, -0.1) is 0 Å². The van der Waals surface area contributed by atoms with Gasteiger partial charge in [-0.3, -0.25) is 0 Å². The van der Waals surface area contributed by atoms with E-state index >= 15 is 0 Å². The molecule has 1 nitrogen and oxygen atoms in total. The average Bonchev–Trinajstić information content (AvgIpc) is 1.86. The zero-order valence-corrected chi connectivity index (χ0v) is 8.67. The quantitative estimate of drug-likeness (QED) is 0.473. The first-order chi connectivity index (χ1) is 5.00. The number of rotatable bonds is 1. The van der Waals surface area contributed by atoms with Crippen molar-refractivity contribution in [2.45, 2.75) is 44.1 Å². The summed E-state index contributed by atoms with van der Waals surface area (Å²) in [5.41, 5.74) is 0.686. The molecular formula is C9H18OSi. The highest BCUT2D eigenvalue weighted by Crippen LogP contribution is 2.32. The Kier molecular flexibility index (Phi) is 2.55. The van der Waals surface area contributed by atoms with Crippen LogP contribution in [0.5, 0.6) is 0 Å². The van der Waals surface area contributed by atoms with Gasteiger partial charge in [0.2, 0.25) is 0 Å². The minimum atomic E-state index is -1.04. The predicted molar refractivity (Wildman–Crippen MR) is 51.5 cm³/mol. The Hall–Kier alpha value is -0.0831. The van der Waals surface area contributed by atoms with Crippen LogP contribution in [0.3, 0.4) is 0 Å². The molecule has 1 N–H and O–H groups in total. The second kappa shape index (κ2) is 3.11. The number of allylic oxidation sites excluding steroid dienone is 1. The minimum Gasteiger partial charge on any atom is -0.393 e. The van der Waals surface area contributed by atoms with Gasteiger partial charge in [-0.25, -0.2) is 0 Å². The summed E-state index contributed by atoms with van der Waals surface area (Å²) >= 11 is 0. The molecule has 2 atom stereocenters. The number of aliphatic hydroxyl groups is 1. The van der Waals surface area contributed by atoms with Crippen LogP contribution in [0.2, 0.25) is 25.2 Å². The first-order valence-corrected chi connectivity index (χ1v) is 7.92. The van der Waals surface area contributed by atoms with Crippen molar-refractivity contribution < 1.29 is 5.11 Å². The molecule has 0 radical (unpaired) electrons. The van der Waals surface area contributed by atoms with Crippen LogP contribution in [0, 0.1) is 0 Å². The molecule has 0 amide bonds. The molecule has 0 aromatic carbocycles. The second-order valence-electron chi connectivity index (χ2n) is 4.53. The normalized spacial score (nSPS) is 32.4. The third-order valence-corrected chi connectivity index (χ3v) is 5.07. The van der Waals surface area contributed by atoms with E-state index in [9.17, 15) is 5.11 Å². The van der Waals surface area contributed by atoms with Crippen LogP contribution >= 0.6 is 0 Å². The van der Waals surface area contributed by atoms with E-state index in [1.165, 1.54) is 0 Å². The molecule has 0 aliphatic heterocycles. The maximum Gasteiger partial charge on any atom is 0.0577 e. The SMILES string of the molecule is C[Si](C)(C)[C@@H]1C=CC[C@H](O)C1. The van der Waals surface area contributed by atoms with Crippen molar-refractivity contribution in [1.29, 1.82) is 0 Å². The average molecular weight is 170 g/mol. The topological polar surface area (TPSA) is 20.2 Å². The molecule has 0 aromatic rings. The van der Waals surface area contributed by atoms with Crippen LogP contribution in [-0.4, -0.2) is 19.3 Å². The van der Waals surface area contributed by atoms with Crippen LogP contribution in [0.1, 0.15) is 12.8 Å². The summed E-state index contributed by atoms with van der Waals surface area (Å²) < 4.78 is 0. The molecule has 0 spiro atoms. The van der Waals surface area contributed by atoms with Crippen molar-refractivity contribution in [1.82, 2.24) is 0 Å². The van der Waals surface area contributed by atoms with Crippen LogP contribution in [0.15, 0.2) is 12.2 Å². The van der Waals surface area contributed by atoms with Crippen LogP contribution < -0.4 is 0 Å². The summed E-state index contributed by atoms with van der Waals surface area (Å²) in [7, 11) is -1.04. The predicted octanol–water partition coefficient (Wildman–Crippen LogP) is 2.41. The second-order valence-corrected chi connectivity index (χ2v) is 10.00. The van der Waals surface area contributed by atoms with Crippen LogP contribution in [0.25, 0.3) is 0 Å². The fourth-order valence-electron chi connectivity index (χ4n) is 1.51. The van der Waals surface area contributed by atoms with Crippen LogP contribution in [0.4, 0.5) is 0 Å². The molecule has 1 rings (SSSR count). The summed E-state index contributed by atoms with van der Waals surface area (Å²) in [6, 6.07) is 0. The Bertz CT molecular complexity index is 157. The Morgan fingerprint density at radius 1 is 1.36 bits per heavy atom. The molecule has 11 heavy (non-hydrogen) atoms. The molecule has 0 fully saturated rings. The standard InChI is InChI=1S/C9H18OSi/c1-11(2,3)9-6-4-5-8(10)7-9/h4,6,8-10H,5,7H2,1-3H3/t8-,9+/m0/s1. The van der Waals surface area contributed by atoms with Crippen molar-refractivity contribution in [3.63, 3.8) is 0 Å². The Balaban J connectivity index is 2.60. The zero-order valence-electron chi connectivity index (χ0n) is 7.67. The fraction of sp³-hybridized carbons (Fsp3) is 0.778. The van der Waals surface area contributed by atoms with Gasteiger partial charge in [0.05, 0.1) is 14.2 Å². The molecule has 0 bridgehead atoms. The van der Waals surface area contributed by atoms with Gasteiger partial charge in [0.1, 0.15) is 0 Å². The molecule has 2 heteroatoms. The molecular weight excluding hydrogens is 152 g/mol. The highest BCUT2D eigenvalue weighted by Gasteiger charge is 2.28. The van der Waals surface area contributed by atoms with Crippen molar-refractivity contribution in [2.24, 2.45) is 0 Å². The lowest BCUT2D eigenvalue weighted by Gasteiger charge is -2.30. The largest absolute Gasteiger partial charge is 0.393 e. The Morgan fingerprint density at radius 2 is 2.00 bits per heavy atom. The highest BCUT2D eigenvalue weighted by atomic mass is 28.3. The van der Waals surface area contributed by atoms with Gasteiger partial charge in [0.15, 0.2) is 0 Å². The van der Waals surface area contributed by atoms with Crippen molar-refractivity contribution in [2.75, 3.05) is 0 Å². The molecule has 64 valence electrons. The van der Waals surface area contributed by atoms with E-state index in [-0.39, 0.29) is 6.10 Å². The molecule has 1 aliphatic rings. The Morgan fingerprint density at radius 3 is 2.36 bits per heavy atom. The van der Waals surface area contributed by atoms with Crippen molar-refractivity contribution >= 4 is 8.07 Å². The Labute approximate surface area is 70.1 Å². The fourth-order valence-corrected chi connectivity index (χ4v) is 3.20. The van der Waals surface area contributed by atoms with Gasteiger partial charge in [-0.1, -0.05) is 31.8 Å². The lowest BCUT2D eigenvalue weighted by atomic mass is 10.0. The molecule has 0 aromatic heterocycles. The van der Waals surface area contributed by atoms with Gasteiger partial charge in [0.25, 0.3) is 0 Å². The third kappa shape index (κ3) is 2.45. The van der Waals surface area contributed by atoms with E-state index in [2.05, 4.69) is 31.8 Å². The van der Waals surface area contributed by atoms with Gasteiger partial charge in [-0.05, 0) is 18.4 Å². The van der Waals surface area contributed by atoms with E-state index in [1.54, 1.807) is 0 Å². The minimum absolute atomic E-state index is 0.0725. The van der Waals surface area contributed by atoms with Crippen LogP contribution in [-0.2, 0) is 0 Å². The molecule has 0 unspecified atom stereocenters. The van der Waals surface area contributed by atoms with Crippen molar-refractivity contribution in [3.05, 3.63) is 12.2 Å². The molecule has 1 aliphatic carbocycles. The van der Waals surface area contributed by atoms with Gasteiger partial charge in [0, 0.05) is 0 Å². The number of hydrogen-bond acceptors (Lipinski definition) is 1. The van der Waals surface area contributed by atoms with E-state index < -0.39 is 8.07 Å². The smallest absolute Gasteiger partial charge is 0.0577 e. The monoisotopic (exact) mass is 170 g/mol. The lowest BCUT2D eigenvalue weighted by Crippen LogP contribution is -2.31. The van der Waals surface area contributed by atoms with E-state index in [1.807, 2.05) is 0 Å². The number of hydrogen-bond donors (Lipinski definition) is 1. The summed E-state index contributed by atoms with van der Waals surface area (Å²) in [5.74, 6) is 0. The van der Waals surface area contributed by atoms with E-state index in [4.69, 9.17) is 0 Å². The third-order valence-electron chi connectivity index (χ3n) is 2.41. The lowest BCUT2D eigenvalue weighted by molar-refractivity contribution is 0.163. The number of aliphatic hydroxyl groups excluding tert-OH is 1. The van der Waals surface area contributed by atoms with Crippen molar-refractivity contribution in [3.8, 4) is 0 Å². The van der Waals surface area contributed by atoms with E-state index in [0.29, 0.717) is 5.54 Å². The zero-order chi connectivity index (χ0) is 8.48. The maximum atomic E-state index is 9.41. The summed E-state index contributed by atoms with van der Waals surface area (Å²) in [4.78, 5) is 0. The molecule has 0 heterocycles. The first-order valence-electron chi connectivity index (χ1n) is 4.35. The summed E-state index contributed by atoms with van der Waals surface area (Å²) in [5, 5.41) is 9.41. The highest BCUT2D eigenvalue weighted by molar-refractivity contribution is 6.78. The maximum absolute atomic E-state index is 9.41. The molecule has 0 saturated carbocycles. The summed E-state index contributed by atoms with van der Waals surface area (Å²) in [6.07, 6.45) is 6.22. The van der Waals surface area contributed by atoms with Gasteiger partial charge < -0.3 is 5.11 Å². The first kappa shape index (κ1) is 9.01. The van der Waals surface area contributed by atoms with Gasteiger partial charge in [-0.2, -0.15) is 0 Å².